The molecule has 0 aliphatic carbocycles. The third-order valence-corrected chi connectivity index (χ3v) is 4.33. The maximum atomic E-state index is 4.63. The van der Waals surface area contributed by atoms with Crippen molar-refractivity contribution >= 4 is 11.3 Å². The quantitative estimate of drug-likeness (QED) is 0.889. The second kappa shape index (κ2) is 5.85. The lowest BCUT2D eigenvalue weighted by atomic mass is 10.1. The van der Waals surface area contributed by atoms with Gasteiger partial charge in [-0.25, -0.2) is 4.98 Å². The number of hydrogen-bond donors (Lipinski definition) is 1. The molecule has 0 radical (unpaired) electrons. The molecule has 102 valence electrons. The van der Waals surface area contributed by atoms with Gasteiger partial charge in [0.25, 0.3) is 0 Å². The highest BCUT2D eigenvalue weighted by molar-refractivity contribution is 7.11. The van der Waals surface area contributed by atoms with E-state index in [1.165, 1.54) is 21.7 Å². The maximum absolute atomic E-state index is 4.63. The van der Waals surface area contributed by atoms with Gasteiger partial charge in [0.2, 0.25) is 0 Å². The van der Waals surface area contributed by atoms with Crippen LogP contribution in [0.1, 0.15) is 52.6 Å². The average molecular weight is 274 g/mol. The van der Waals surface area contributed by atoms with Crippen LogP contribution in [-0.4, -0.2) is 4.98 Å². The third-order valence-electron chi connectivity index (χ3n) is 3.43. The van der Waals surface area contributed by atoms with E-state index in [1.807, 2.05) is 0 Å². The van der Waals surface area contributed by atoms with Crippen LogP contribution in [0.15, 0.2) is 24.3 Å². The average Bonchev–Trinajstić information content (AvgIpc) is 2.69. The first-order valence-electron chi connectivity index (χ1n) is 6.74. The molecule has 2 atom stereocenters. The Kier molecular flexibility index (Phi) is 4.38. The number of nitrogens with one attached hydrogen (secondary N) is 1. The molecule has 2 nitrogen and oxygen atoms in total. The van der Waals surface area contributed by atoms with Crippen LogP contribution in [0, 0.1) is 20.8 Å². The van der Waals surface area contributed by atoms with Gasteiger partial charge in [-0.3, -0.25) is 0 Å². The standard InChI is InChI=1S/C16H22N2S/c1-10-6-8-15(9-7-10)11(2)17-12(3)16-13(4)19-14(5)18-16/h6-9,11-12,17H,1-5H3/t11-,12?/m0/s1. The summed E-state index contributed by atoms with van der Waals surface area (Å²) in [5, 5.41) is 4.77. The molecule has 0 saturated carbocycles. The van der Waals surface area contributed by atoms with Gasteiger partial charge in [0.05, 0.1) is 10.7 Å². The zero-order valence-electron chi connectivity index (χ0n) is 12.3. The summed E-state index contributed by atoms with van der Waals surface area (Å²) in [7, 11) is 0. The fourth-order valence-corrected chi connectivity index (χ4v) is 3.27. The highest BCUT2D eigenvalue weighted by Gasteiger charge is 2.15. The second-order valence-corrected chi connectivity index (χ2v) is 6.60. The molecule has 19 heavy (non-hydrogen) atoms. The van der Waals surface area contributed by atoms with Crippen molar-refractivity contribution in [1.82, 2.24) is 10.3 Å². The summed E-state index contributed by atoms with van der Waals surface area (Å²) in [6.07, 6.45) is 0. The van der Waals surface area contributed by atoms with Crippen LogP contribution in [0.3, 0.4) is 0 Å². The number of aromatic nitrogens is 1. The Balaban J connectivity index is 2.08. The van der Waals surface area contributed by atoms with Gasteiger partial charge in [0, 0.05) is 17.0 Å². The van der Waals surface area contributed by atoms with Gasteiger partial charge in [-0.1, -0.05) is 29.8 Å². The molecule has 1 aromatic carbocycles. The minimum atomic E-state index is 0.279. The lowest BCUT2D eigenvalue weighted by Crippen LogP contribution is -2.23. The van der Waals surface area contributed by atoms with Gasteiger partial charge in [-0.05, 0) is 40.2 Å². The fraction of sp³-hybridized carbons (Fsp3) is 0.438. The minimum Gasteiger partial charge on any atom is -0.302 e. The van der Waals surface area contributed by atoms with Crippen LogP contribution < -0.4 is 5.32 Å². The van der Waals surface area contributed by atoms with Crippen molar-refractivity contribution in [2.45, 2.75) is 46.7 Å². The first kappa shape index (κ1) is 14.2. The van der Waals surface area contributed by atoms with Crippen LogP contribution in [0.5, 0.6) is 0 Å². The summed E-state index contributed by atoms with van der Waals surface area (Å²) in [5.74, 6) is 0. The molecule has 1 aromatic heterocycles. The van der Waals surface area contributed by atoms with E-state index in [0.29, 0.717) is 6.04 Å². The molecule has 2 rings (SSSR count). The summed E-state index contributed by atoms with van der Waals surface area (Å²) in [5.41, 5.74) is 3.80. The predicted molar refractivity (Wildman–Crippen MR) is 82.7 cm³/mol. The van der Waals surface area contributed by atoms with Crippen molar-refractivity contribution in [3.8, 4) is 0 Å². The summed E-state index contributed by atoms with van der Waals surface area (Å²) in [6.45, 7) is 10.7. The van der Waals surface area contributed by atoms with E-state index >= 15 is 0 Å². The molecule has 3 heteroatoms. The Morgan fingerprint density at radius 3 is 2.16 bits per heavy atom. The minimum absolute atomic E-state index is 0.279. The molecule has 0 fully saturated rings. The van der Waals surface area contributed by atoms with E-state index in [2.05, 4.69) is 69.2 Å². The van der Waals surface area contributed by atoms with Crippen molar-refractivity contribution in [1.29, 1.82) is 0 Å². The van der Waals surface area contributed by atoms with Crippen molar-refractivity contribution in [2.24, 2.45) is 0 Å². The Morgan fingerprint density at radius 2 is 1.63 bits per heavy atom. The molecule has 0 aliphatic heterocycles. The largest absolute Gasteiger partial charge is 0.302 e. The van der Waals surface area contributed by atoms with E-state index in [9.17, 15) is 0 Å². The van der Waals surface area contributed by atoms with Crippen molar-refractivity contribution < 1.29 is 0 Å². The molecule has 0 amide bonds. The van der Waals surface area contributed by atoms with Crippen molar-refractivity contribution in [2.75, 3.05) is 0 Å². The van der Waals surface area contributed by atoms with Gasteiger partial charge in [0.15, 0.2) is 0 Å². The van der Waals surface area contributed by atoms with E-state index in [-0.39, 0.29) is 6.04 Å². The van der Waals surface area contributed by atoms with Crippen LogP contribution in [0.25, 0.3) is 0 Å². The number of thiazole rings is 1. The molecular formula is C16H22N2S. The third kappa shape index (κ3) is 3.43. The molecule has 0 aliphatic rings. The van der Waals surface area contributed by atoms with Gasteiger partial charge in [-0.2, -0.15) is 0 Å². The molecule has 1 unspecified atom stereocenters. The van der Waals surface area contributed by atoms with Gasteiger partial charge in [0.1, 0.15) is 0 Å². The number of nitrogens with zero attached hydrogens (tertiary/aromatic N) is 1. The van der Waals surface area contributed by atoms with Gasteiger partial charge >= 0.3 is 0 Å². The number of rotatable bonds is 4. The second-order valence-electron chi connectivity index (χ2n) is 5.20. The molecule has 1 N–H and O–H groups in total. The van der Waals surface area contributed by atoms with E-state index in [1.54, 1.807) is 11.3 Å². The van der Waals surface area contributed by atoms with Crippen molar-refractivity contribution in [3.63, 3.8) is 0 Å². The summed E-state index contributed by atoms with van der Waals surface area (Å²) >= 11 is 1.77. The Bertz CT molecular complexity index is 542. The SMILES string of the molecule is Cc1ccc([C@H](C)NC(C)c2nc(C)sc2C)cc1. The molecule has 0 bridgehead atoms. The Morgan fingerprint density at radius 1 is 1.00 bits per heavy atom. The van der Waals surface area contributed by atoms with E-state index in [0.717, 1.165) is 5.01 Å². The van der Waals surface area contributed by atoms with Crippen molar-refractivity contribution in [3.05, 3.63) is 51.0 Å². The summed E-state index contributed by atoms with van der Waals surface area (Å²) in [4.78, 5) is 5.94. The van der Waals surface area contributed by atoms with Gasteiger partial charge < -0.3 is 5.32 Å². The summed E-state index contributed by atoms with van der Waals surface area (Å²) < 4.78 is 0. The summed E-state index contributed by atoms with van der Waals surface area (Å²) in [6, 6.07) is 9.32. The number of benzene rings is 1. The highest BCUT2D eigenvalue weighted by atomic mass is 32.1. The Hall–Kier alpha value is -1.19. The van der Waals surface area contributed by atoms with Crippen LogP contribution in [-0.2, 0) is 0 Å². The Labute approximate surface area is 119 Å². The topological polar surface area (TPSA) is 24.9 Å². The van der Waals surface area contributed by atoms with Gasteiger partial charge in [-0.15, -0.1) is 11.3 Å². The maximum Gasteiger partial charge on any atom is 0.0900 e. The molecular weight excluding hydrogens is 252 g/mol. The zero-order chi connectivity index (χ0) is 14.0. The number of aryl methyl sites for hydroxylation is 3. The number of hydrogen-bond acceptors (Lipinski definition) is 3. The fourth-order valence-electron chi connectivity index (χ4n) is 2.35. The monoisotopic (exact) mass is 274 g/mol. The molecule has 1 heterocycles. The first-order valence-corrected chi connectivity index (χ1v) is 7.55. The van der Waals surface area contributed by atoms with Crippen LogP contribution >= 0.6 is 11.3 Å². The smallest absolute Gasteiger partial charge is 0.0900 e. The molecule has 2 aromatic rings. The predicted octanol–water partition coefficient (Wildman–Crippen LogP) is 4.48. The zero-order valence-corrected chi connectivity index (χ0v) is 13.1. The van der Waals surface area contributed by atoms with Crippen LogP contribution in [0.4, 0.5) is 0 Å². The highest BCUT2D eigenvalue weighted by Crippen LogP contribution is 2.25. The molecule has 0 saturated heterocycles. The van der Waals surface area contributed by atoms with E-state index in [4.69, 9.17) is 0 Å². The normalized spacial score (nSPS) is 14.4. The van der Waals surface area contributed by atoms with E-state index < -0.39 is 0 Å². The first-order chi connectivity index (χ1) is 8.97. The molecule has 0 spiro atoms. The lowest BCUT2D eigenvalue weighted by Gasteiger charge is -2.20. The lowest BCUT2D eigenvalue weighted by molar-refractivity contribution is 0.486. The van der Waals surface area contributed by atoms with Crippen LogP contribution in [0.2, 0.25) is 0 Å².